The van der Waals surface area contributed by atoms with Crippen molar-refractivity contribution >= 4 is 39.1 Å². The molecule has 2 aromatic heterocycles. The first-order chi connectivity index (χ1) is 13.9. The summed E-state index contributed by atoms with van der Waals surface area (Å²) in [6.07, 6.45) is 3.12. The van der Waals surface area contributed by atoms with Crippen molar-refractivity contribution in [2.75, 3.05) is 12.4 Å². The van der Waals surface area contributed by atoms with E-state index in [1.807, 2.05) is 36.9 Å². The Hall–Kier alpha value is -2.18. The van der Waals surface area contributed by atoms with E-state index in [2.05, 4.69) is 17.1 Å². The second-order valence-corrected chi connectivity index (χ2v) is 9.51. The molecular weight excluding hydrogens is 406 g/mol. The number of carbonyl (C=O) groups is 1. The molecule has 1 aliphatic rings. The summed E-state index contributed by atoms with van der Waals surface area (Å²) in [5, 5.41) is 0.726. The molecule has 0 spiro atoms. The quantitative estimate of drug-likeness (QED) is 0.579. The molecule has 3 heterocycles. The van der Waals surface area contributed by atoms with Crippen LogP contribution in [0.15, 0.2) is 41.5 Å². The maximum atomic E-state index is 13.1. The third-order valence-corrected chi connectivity index (χ3v) is 7.30. The Morgan fingerprint density at radius 3 is 2.76 bits per heavy atom. The van der Waals surface area contributed by atoms with E-state index in [1.165, 1.54) is 16.9 Å². The van der Waals surface area contributed by atoms with Crippen LogP contribution in [-0.2, 0) is 30.7 Å². The third kappa shape index (κ3) is 3.83. The SMILES string of the molecule is CC(C)(CCl)C(=O)N1CCc2c(sc3ncn(CCc4ccccc4)c(=O)c23)C1. The van der Waals surface area contributed by atoms with E-state index < -0.39 is 5.41 Å². The highest BCUT2D eigenvalue weighted by Crippen LogP contribution is 2.34. The molecule has 1 aromatic carbocycles. The average molecular weight is 430 g/mol. The van der Waals surface area contributed by atoms with Gasteiger partial charge in [0.05, 0.1) is 23.7 Å². The van der Waals surface area contributed by atoms with Crippen LogP contribution in [0.2, 0.25) is 0 Å². The molecule has 0 aliphatic carbocycles. The van der Waals surface area contributed by atoms with Crippen molar-refractivity contribution in [2.24, 2.45) is 5.41 Å². The molecule has 0 saturated carbocycles. The number of halogens is 1. The van der Waals surface area contributed by atoms with Gasteiger partial charge in [0, 0.05) is 23.8 Å². The van der Waals surface area contributed by atoms with Gasteiger partial charge in [-0.15, -0.1) is 22.9 Å². The standard InChI is InChI=1S/C22H24ClN3O2S/c1-22(2,13-23)21(28)25-11-9-16-17(12-25)29-19-18(16)20(27)26(14-24-19)10-8-15-6-4-3-5-7-15/h3-7,14H,8-13H2,1-2H3. The fraction of sp³-hybridized carbons (Fsp3) is 0.409. The molecule has 0 N–H and O–H groups in total. The van der Waals surface area contributed by atoms with Gasteiger partial charge >= 0.3 is 0 Å². The summed E-state index contributed by atoms with van der Waals surface area (Å²) in [4.78, 5) is 34.2. The Morgan fingerprint density at radius 1 is 1.28 bits per heavy atom. The van der Waals surface area contributed by atoms with E-state index >= 15 is 0 Å². The summed E-state index contributed by atoms with van der Waals surface area (Å²) in [5.74, 6) is 0.346. The van der Waals surface area contributed by atoms with E-state index in [0.717, 1.165) is 27.1 Å². The number of alkyl halides is 1. The summed E-state index contributed by atoms with van der Waals surface area (Å²) in [5.41, 5.74) is 1.69. The number of fused-ring (bicyclic) bond motifs is 3. The molecule has 0 bridgehead atoms. The van der Waals surface area contributed by atoms with Crippen LogP contribution >= 0.6 is 22.9 Å². The molecule has 7 heteroatoms. The summed E-state index contributed by atoms with van der Waals surface area (Å²) in [6, 6.07) is 10.1. The molecule has 3 aromatic rings. The summed E-state index contributed by atoms with van der Waals surface area (Å²) in [7, 11) is 0. The second-order valence-electron chi connectivity index (χ2n) is 8.16. The first-order valence-electron chi connectivity index (χ1n) is 9.79. The van der Waals surface area contributed by atoms with Crippen molar-refractivity contribution in [3.05, 3.63) is 63.0 Å². The summed E-state index contributed by atoms with van der Waals surface area (Å²) in [6.45, 7) is 5.48. The van der Waals surface area contributed by atoms with Crippen molar-refractivity contribution < 1.29 is 4.79 Å². The number of rotatable bonds is 5. The van der Waals surface area contributed by atoms with Gasteiger partial charge < -0.3 is 4.90 Å². The Bertz CT molecular complexity index is 1100. The topological polar surface area (TPSA) is 55.2 Å². The molecule has 4 rings (SSSR count). The average Bonchev–Trinajstić information content (AvgIpc) is 3.12. The molecular formula is C22H24ClN3O2S. The van der Waals surface area contributed by atoms with Crippen LogP contribution in [0.5, 0.6) is 0 Å². The summed E-state index contributed by atoms with van der Waals surface area (Å²) < 4.78 is 1.70. The molecule has 1 amide bonds. The van der Waals surface area contributed by atoms with E-state index in [4.69, 9.17) is 11.6 Å². The first kappa shape index (κ1) is 20.1. The minimum absolute atomic E-state index is 0.0179. The number of nitrogens with zero attached hydrogens (tertiary/aromatic N) is 3. The van der Waals surface area contributed by atoms with Gasteiger partial charge in [0.1, 0.15) is 4.83 Å². The number of aromatic nitrogens is 2. The minimum atomic E-state index is -0.585. The maximum absolute atomic E-state index is 13.1. The van der Waals surface area contributed by atoms with Crippen molar-refractivity contribution in [1.29, 1.82) is 0 Å². The predicted molar refractivity (Wildman–Crippen MR) is 118 cm³/mol. The highest BCUT2D eigenvalue weighted by molar-refractivity contribution is 7.18. The first-order valence-corrected chi connectivity index (χ1v) is 11.1. The lowest BCUT2D eigenvalue weighted by Gasteiger charge is -2.33. The molecule has 1 aliphatic heterocycles. The number of aryl methyl sites for hydroxylation is 2. The van der Waals surface area contributed by atoms with Crippen LogP contribution < -0.4 is 5.56 Å². The van der Waals surface area contributed by atoms with Gasteiger partial charge in [-0.05, 0) is 37.8 Å². The molecule has 0 fully saturated rings. The Labute approximate surface area is 178 Å². The molecule has 152 valence electrons. The predicted octanol–water partition coefficient (Wildman–Crippen LogP) is 3.85. The van der Waals surface area contributed by atoms with Crippen LogP contribution in [0.1, 0.15) is 29.9 Å². The van der Waals surface area contributed by atoms with E-state index in [0.29, 0.717) is 26.1 Å². The normalized spacial score (nSPS) is 14.2. The number of amides is 1. The number of hydrogen-bond donors (Lipinski definition) is 0. The monoisotopic (exact) mass is 429 g/mol. The molecule has 0 saturated heterocycles. The number of hydrogen-bond acceptors (Lipinski definition) is 4. The lowest BCUT2D eigenvalue weighted by Crippen LogP contribution is -2.44. The van der Waals surface area contributed by atoms with Crippen molar-refractivity contribution in [3.8, 4) is 0 Å². The van der Waals surface area contributed by atoms with Crippen molar-refractivity contribution in [1.82, 2.24) is 14.5 Å². The van der Waals surface area contributed by atoms with Gasteiger partial charge in [0.2, 0.25) is 5.91 Å². The largest absolute Gasteiger partial charge is 0.337 e. The fourth-order valence-corrected chi connectivity index (χ4v) is 5.04. The zero-order valence-corrected chi connectivity index (χ0v) is 18.2. The van der Waals surface area contributed by atoms with Gasteiger partial charge in [0.15, 0.2) is 0 Å². The molecule has 5 nitrogen and oxygen atoms in total. The highest BCUT2D eigenvalue weighted by Gasteiger charge is 2.34. The lowest BCUT2D eigenvalue weighted by atomic mass is 9.93. The third-order valence-electron chi connectivity index (χ3n) is 5.51. The van der Waals surface area contributed by atoms with E-state index in [1.54, 1.807) is 10.9 Å². The van der Waals surface area contributed by atoms with Crippen molar-refractivity contribution in [3.63, 3.8) is 0 Å². The van der Waals surface area contributed by atoms with Gasteiger partial charge in [-0.3, -0.25) is 14.2 Å². The van der Waals surface area contributed by atoms with Gasteiger partial charge in [-0.1, -0.05) is 30.3 Å². The second kappa shape index (κ2) is 7.92. The van der Waals surface area contributed by atoms with Crippen LogP contribution in [0.25, 0.3) is 10.2 Å². The highest BCUT2D eigenvalue weighted by atomic mass is 35.5. The van der Waals surface area contributed by atoms with E-state index in [-0.39, 0.29) is 17.3 Å². The van der Waals surface area contributed by atoms with Crippen LogP contribution in [0.3, 0.4) is 0 Å². The molecule has 0 radical (unpaired) electrons. The Morgan fingerprint density at radius 2 is 2.03 bits per heavy atom. The molecule has 29 heavy (non-hydrogen) atoms. The van der Waals surface area contributed by atoms with Crippen LogP contribution in [0, 0.1) is 5.41 Å². The lowest BCUT2D eigenvalue weighted by molar-refractivity contribution is -0.140. The van der Waals surface area contributed by atoms with Crippen molar-refractivity contribution in [2.45, 2.75) is 39.8 Å². The van der Waals surface area contributed by atoms with Gasteiger partial charge in [-0.25, -0.2) is 4.98 Å². The molecule has 0 unspecified atom stereocenters. The van der Waals surface area contributed by atoms with E-state index in [9.17, 15) is 9.59 Å². The van der Waals surface area contributed by atoms with Gasteiger partial charge in [0.25, 0.3) is 5.56 Å². The Kier molecular flexibility index (Phi) is 5.49. The smallest absolute Gasteiger partial charge is 0.262 e. The van der Waals surface area contributed by atoms with Crippen LogP contribution in [0.4, 0.5) is 0 Å². The number of carbonyl (C=O) groups excluding carboxylic acids is 1. The maximum Gasteiger partial charge on any atom is 0.262 e. The summed E-state index contributed by atoms with van der Waals surface area (Å²) >= 11 is 7.51. The number of thiophene rings is 1. The minimum Gasteiger partial charge on any atom is -0.337 e. The van der Waals surface area contributed by atoms with Gasteiger partial charge in [-0.2, -0.15) is 0 Å². The Balaban J connectivity index is 1.61. The zero-order chi connectivity index (χ0) is 20.6. The molecule has 0 atom stereocenters. The number of benzene rings is 1. The van der Waals surface area contributed by atoms with Crippen LogP contribution in [-0.4, -0.2) is 32.8 Å². The zero-order valence-electron chi connectivity index (χ0n) is 16.7. The fourth-order valence-electron chi connectivity index (χ4n) is 3.73.